The number of carboxylic acid groups (broad SMARTS) is 1. The number of hydrogen-bond donors (Lipinski definition) is 3. The number of aliphatic hydroxyl groups excluding tert-OH is 1. The van der Waals surface area contributed by atoms with Crippen LogP contribution in [-0.2, 0) is 4.79 Å². The van der Waals surface area contributed by atoms with Crippen molar-refractivity contribution in [2.45, 2.75) is 26.4 Å². The SMILES string of the molecule is CC(O)CC(C)CNC(=O)c1cccc(OCC(=O)O)c1. The van der Waals surface area contributed by atoms with Gasteiger partial charge in [0.15, 0.2) is 6.61 Å². The Labute approximate surface area is 123 Å². The molecule has 0 aromatic heterocycles. The standard InChI is InChI=1S/C15H21NO5/c1-10(6-11(2)17)8-16-15(20)12-4-3-5-13(7-12)21-9-14(18)19/h3-5,7,10-11,17H,6,8-9H2,1-2H3,(H,16,20)(H,18,19). The number of aliphatic carboxylic acids is 1. The highest BCUT2D eigenvalue weighted by Gasteiger charge is 2.11. The first-order chi connectivity index (χ1) is 9.88. The topological polar surface area (TPSA) is 95.9 Å². The highest BCUT2D eigenvalue weighted by Crippen LogP contribution is 2.13. The van der Waals surface area contributed by atoms with Crippen LogP contribution in [0.25, 0.3) is 0 Å². The summed E-state index contributed by atoms with van der Waals surface area (Å²) in [5, 5.41) is 20.6. The van der Waals surface area contributed by atoms with Crippen molar-refractivity contribution in [2.75, 3.05) is 13.2 Å². The minimum absolute atomic E-state index is 0.167. The average molecular weight is 295 g/mol. The Balaban J connectivity index is 2.54. The molecule has 0 heterocycles. The van der Waals surface area contributed by atoms with Gasteiger partial charge >= 0.3 is 5.97 Å². The molecule has 0 radical (unpaired) electrons. The highest BCUT2D eigenvalue weighted by atomic mass is 16.5. The summed E-state index contributed by atoms with van der Waals surface area (Å²) in [5.41, 5.74) is 0.405. The van der Waals surface area contributed by atoms with Crippen LogP contribution in [-0.4, -0.2) is 41.3 Å². The van der Waals surface area contributed by atoms with E-state index in [1.54, 1.807) is 25.1 Å². The molecule has 21 heavy (non-hydrogen) atoms. The van der Waals surface area contributed by atoms with Gasteiger partial charge < -0.3 is 20.3 Å². The van der Waals surface area contributed by atoms with E-state index in [0.29, 0.717) is 24.3 Å². The minimum atomic E-state index is -1.07. The molecule has 0 saturated carbocycles. The number of carbonyl (C=O) groups excluding carboxylic acids is 1. The number of ether oxygens (including phenoxy) is 1. The van der Waals surface area contributed by atoms with Gasteiger partial charge in [-0.3, -0.25) is 4.79 Å². The summed E-state index contributed by atoms with van der Waals surface area (Å²) < 4.78 is 5.02. The Hall–Kier alpha value is -2.08. The Morgan fingerprint density at radius 1 is 1.33 bits per heavy atom. The molecule has 6 nitrogen and oxygen atoms in total. The van der Waals surface area contributed by atoms with Crippen LogP contribution in [0.2, 0.25) is 0 Å². The van der Waals surface area contributed by atoms with E-state index in [4.69, 9.17) is 9.84 Å². The number of carbonyl (C=O) groups is 2. The molecule has 0 fully saturated rings. The van der Waals surface area contributed by atoms with Crippen molar-refractivity contribution < 1.29 is 24.5 Å². The maximum Gasteiger partial charge on any atom is 0.341 e. The Morgan fingerprint density at radius 3 is 2.67 bits per heavy atom. The zero-order chi connectivity index (χ0) is 15.8. The normalized spacial score (nSPS) is 13.3. The van der Waals surface area contributed by atoms with E-state index in [9.17, 15) is 14.7 Å². The van der Waals surface area contributed by atoms with Gasteiger partial charge in [-0.1, -0.05) is 13.0 Å². The summed E-state index contributed by atoms with van der Waals surface area (Å²) in [5.74, 6) is -0.826. The third-order valence-electron chi connectivity index (χ3n) is 2.81. The molecule has 0 aliphatic rings. The lowest BCUT2D eigenvalue weighted by molar-refractivity contribution is -0.139. The summed E-state index contributed by atoms with van der Waals surface area (Å²) in [6, 6.07) is 6.35. The van der Waals surface area contributed by atoms with Crippen molar-refractivity contribution in [2.24, 2.45) is 5.92 Å². The van der Waals surface area contributed by atoms with Crippen molar-refractivity contribution in [3.63, 3.8) is 0 Å². The van der Waals surface area contributed by atoms with Crippen LogP contribution in [0.15, 0.2) is 24.3 Å². The molecule has 1 amide bonds. The summed E-state index contributed by atoms with van der Waals surface area (Å²) >= 11 is 0. The maximum atomic E-state index is 12.0. The number of nitrogens with one attached hydrogen (secondary N) is 1. The van der Waals surface area contributed by atoms with Crippen LogP contribution < -0.4 is 10.1 Å². The Kier molecular flexibility index (Phi) is 6.68. The molecule has 2 unspecified atom stereocenters. The smallest absolute Gasteiger partial charge is 0.341 e. The summed E-state index contributed by atoms with van der Waals surface area (Å²) in [6.07, 6.45) is 0.215. The molecule has 2 atom stereocenters. The molecule has 1 aromatic carbocycles. The van der Waals surface area contributed by atoms with Gasteiger partial charge in [0, 0.05) is 12.1 Å². The molecular weight excluding hydrogens is 274 g/mol. The first-order valence-corrected chi connectivity index (χ1v) is 6.79. The first kappa shape index (κ1) is 17.0. The second-order valence-electron chi connectivity index (χ2n) is 5.11. The van der Waals surface area contributed by atoms with Gasteiger partial charge in [0.25, 0.3) is 5.91 Å². The molecule has 1 rings (SSSR count). The van der Waals surface area contributed by atoms with Crippen LogP contribution in [0.3, 0.4) is 0 Å². The van der Waals surface area contributed by atoms with Gasteiger partial charge in [0.05, 0.1) is 6.10 Å². The lowest BCUT2D eigenvalue weighted by atomic mass is 10.0. The predicted octanol–water partition coefficient (Wildman–Crippen LogP) is 1.29. The van der Waals surface area contributed by atoms with Crippen LogP contribution in [0.1, 0.15) is 30.6 Å². The maximum absolute atomic E-state index is 12.0. The summed E-state index contributed by atoms with van der Waals surface area (Å²) in [6.45, 7) is 3.67. The van der Waals surface area contributed by atoms with Crippen molar-refractivity contribution in [1.29, 1.82) is 0 Å². The lowest BCUT2D eigenvalue weighted by Gasteiger charge is -2.14. The van der Waals surface area contributed by atoms with Gasteiger partial charge in [0.2, 0.25) is 0 Å². The first-order valence-electron chi connectivity index (χ1n) is 6.79. The zero-order valence-corrected chi connectivity index (χ0v) is 12.2. The van der Waals surface area contributed by atoms with Crippen molar-refractivity contribution in [3.8, 4) is 5.75 Å². The number of rotatable bonds is 8. The molecule has 0 saturated heterocycles. The molecule has 116 valence electrons. The summed E-state index contributed by atoms with van der Waals surface area (Å²) in [4.78, 5) is 22.4. The number of benzene rings is 1. The number of amides is 1. The van der Waals surface area contributed by atoms with E-state index in [2.05, 4.69) is 5.32 Å². The van der Waals surface area contributed by atoms with Crippen LogP contribution in [0.5, 0.6) is 5.75 Å². The van der Waals surface area contributed by atoms with Crippen molar-refractivity contribution in [1.82, 2.24) is 5.32 Å². The third kappa shape index (κ3) is 6.76. The second-order valence-corrected chi connectivity index (χ2v) is 5.11. The fourth-order valence-electron chi connectivity index (χ4n) is 1.91. The quantitative estimate of drug-likeness (QED) is 0.671. The molecule has 0 spiro atoms. The van der Waals surface area contributed by atoms with E-state index >= 15 is 0 Å². The number of hydrogen-bond acceptors (Lipinski definition) is 4. The van der Waals surface area contributed by atoms with Crippen LogP contribution in [0, 0.1) is 5.92 Å². The fraction of sp³-hybridized carbons (Fsp3) is 0.467. The molecule has 0 aliphatic heterocycles. The highest BCUT2D eigenvalue weighted by molar-refractivity contribution is 5.94. The van der Waals surface area contributed by atoms with Crippen molar-refractivity contribution >= 4 is 11.9 Å². The molecule has 0 bridgehead atoms. The van der Waals surface area contributed by atoms with Gasteiger partial charge in [0.1, 0.15) is 5.75 Å². The number of aliphatic hydroxyl groups is 1. The van der Waals surface area contributed by atoms with E-state index in [1.165, 1.54) is 6.07 Å². The largest absolute Gasteiger partial charge is 0.482 e. The zero-order valence-electron chi connectivity index (χ0n) is 12.2. The second kappa shape index (κ2) is 8.26. The van der Waals surface area contributed by atoms with Gasteiger partial charge in [-0.15, -0.1) is 0 Å². The Morgan fingerprint density at radius 2 is 2.05 bits per heavy atom. The molecule has 0 aliphatic carbocycles. The number of carboxylic acids is 1. The third-order valence-corrected chi connectivity index (χ3v) is 2.81. The summed E-state index contributed by atoms with van der Waals surface area (Å²) in [7, 11) is 0. The minimum Gasteiger partial charge on any atom is -0.482 e. The van der Waals surface area contributed by atoms with Gasteiger partial charge in [-0.25, -0.2) is 4.79 Å². The Bertz CT molecular complexity index is 487. The van der Waals surface area contributed by atoms with Gasteiger partial charge in [-0.2, -0.15) is 0 Å². The van der Waals surface area contributed by atoms with Crippen LogP contribution in [0.4, 0.5) is 0 Å². The monoisotopic (exact) mass is 295 g/mol. The molecule has 1 aromatic rings. The van der Waals surface area contributed by atoms with E-state index in [0.717, 1.165) is 0 Å². The fourth-order valence-corrected chi connectivity index (χ4v) is 1.91. The average Bonchev–Trinajstić information content (AvgIpc) is 2.42. The molecule has 6 heteroatoms. The lowest BCUT2D eigenvalue weighted by Crippen LogP contribution is -2.29. The molecule has 3 N–H and O–H groups in total. The van der Waals surface area contributed by atoms with Crippen molar-refractivity contribution in [3.05, 3.63) is 29.8 Å². The van der Waals surface area contributed by atoms with E-state index < -0.39 is 18.7 Å². The molecular formula is C15H21NO5. The van der Waals surface area contributed by atoms with E-state index in [-0.39, 0.29) is 11.8 Å². The predicted molar refractivity (Wildman–Crippen MR) is 77.4 cm³/mol. The van der Waals surface area contributed by atoms with Crippen LogP contribution >= 0.6 is 0 Å². The van der Waals surface area contributed by atoms with E-state index in [1.807, 2.05) is 6.92 Å². The van der Waals surface area contributed by atoms with Gasteiger partial charge in [-0.05, 0) is 37.5 Å².